The van der Waals surface area contributed by atoms with E-state index in [2.05, 4.69) is 21.2 Å². The van der Waals surface area contributed by atoms with Gasteiger partial charge in [0.25, 0.3) is 0 Å². The average molecular weight is 465 g/mol. The van der Waals surface area contributed by atoms with Gasteiger partial charge < -0.3 is 15.0 Å². The van der Waals surface area contributed by atoms with Crippen LogP contribution in [0.5, 0.6) is 11.5 Å². The second-order valence-electron chi connectivity index (χ2n) is 7.31. The summed E-state index contributed by atoms with van der Waals surface area (Å²) in [6, 6.07) is 20.7. The summed E-state index contributed by atoms with van der Waals surface area (Å²) in [4.78, 5) is 27.5. The molecule has 0 atom stereocenters. The quantitative estimate of drug-likeness (QED) is 0.584. The van der Waals surface area contributed by atoms with E-state index in [-0.39, 0.29) is 18.4 Å². The number of rotatable bonds is 4. The third-order valence-electron chi connectivity index (χ3n) is 5.15. The molecule has 0 radical (unpaired) electrons. The monoisotopic (exact) mass is 464 g/mol. The number of aryl methyl sites for hydroxylation is 1. The molecule has 0 aromatic heterocycles. The van der Waals surface area contributed by atoms with Crippen molar-refractivity contribution >= 4 is 33.4 Å². The predicted molar refractivity (Wildman–Crippen MR) is 120 cm³/mol. The molecule has 0 saturated carbocycles. The van der Waals surface area contributed by atoms with E-state index in [9.17, 15) is 9.59 Å². The summed E-state index contributed by atoms with van der Waals surface area (Å²) >= 11 is 3.42. The van der Waals surface area contributed by atoms with Crippen LogP contribution < -0.4 is 10.1 Å². The van der Waals surface area contributed by atoms with Crippen molar-refractivity contribution in [3.63, 3.8) is 0 Å². The van der Waals surface area contributed by atoms with Gasteiger partial charge in [-0.05, 0) is 42.8 Å². The molecule has 152 valence electrons. The van der Waals surface area contributed by atoms with Crippen LogP contribution in [0.2, 0.25) is 0 Å². The van der Waals surface area contributed by atoms with E-state index in [1.54, 1.807) is 7.05 Å². The highest BCUT2D eigenvalue weighted by molar-refractivity contribution is 9.10. The molecular weight excluding hydrogens is 444 g/mol. The summed E-state index contributed by atoms with van der Waals surface area (Å²) in [5.74, 6) is 0.417. The first kappa shape index (κ1) is 20.2. The Bertz CT molecular complexity index is 1080. The van der Waals surface area contributed by atoms with Gasteiger partial charge in [-0.2, -0.15) is 0 Å². The molecule has 1 N–H and O–H groups in total. The fourth-order valence-corrected chi connectivity index (χ4v) is 4.12. The van der Waals surface area contributed by atoms with Crippen molar-refractivity contribution < 1.29 is 14.3 Å². The highest BCUT2D eigenvalue weighted by atomic mass is 79.9. The number of hydrogen-bond donors (Lipinski definition) is 1. The first-order chi connectivity index (χ1) is 14.4. The van der Waals surface area contributed by atoms with Crippen molar-refractivity contribution in [3.05, 3.63) is 87.9 Å². The molecular formula is C24H21BrN2O3. The van der Waals surface area contributed by atoms with Crippen molar-refractivity contribution in [1.29, 1.82) is 0 Å². The first-order valence-corrected chi connectivity index (χ1v) is 10.4. The lowest BCUT2D eigenvalue weighted by Crippen LogP contribution is -2.38. The number of nitrogens with one attached hydrogen (secondary N) is 1. The predicted octanol–water partition coefficient (Wildman–Crippen LogP) is 5.09. The lowest BCUT2D eigenvalue weighted by atomic mass is 9.87. The molecule has 4 rings (SSSR count). The molecule has 0 bridgehead atoms. The van der Waals surface area contributed by atoms with Crippen LogP contribution in [0.25, 0.3) is 0 Å². The number of carbonyl (C=O) groups excluding carboxylic acids is 2. The second kappa shape index (κ2) is 8.32. The van der Waals surface area contributed by atoms with Crippen molar-refractivity contribution in [2.75, 3.05) is 18.9 Å². The minimum absolute atomic E-state index is 0.0456. The minimum Gasteiger partial charge on any atom is -0.457 e. The Hall–Kier alpha value is -3.12. The van der Waals surface area contributed by atoms with Crippen molar-refractivity contribution in [3.8, 4) is 11.5 Å². The average Bonchev–Trinajstić information content (AvgIpc) is 2.73. The number of carbonyl (C=O) groups is 2. The molecule has 0 aliphatic carbocycles. The van der Waals surface area contributed by atoms with Crippen LogP contribution in [-0.4, -0.2) is 30.3 Å². The number of benzene rings is 3. The fourth-order valence-electron chi connectivity index (χ4n) is 3.65. The summed E-state index contributed by atoms with van der Waals surface area (Å²) in [5, 5.41) is 2.89. The van der Waals surface area contributed by atoms with Crippen LogP contribution >= 0.6 is 15.9 Å². The lowest BCUT2D eigenvalue weighted by Gasteiger charge is -2.30. The molecule has 3 aromatic carbocycles. The van der Waals surface area contributed by atoms with Crippen LogP contribution in [0.1, 0.15) is 22.6 Å². The van der Waals surface area contributed by atoms with Gasteiger partial charge in [0.2, 0.25) is 11.8 Å². The molecule has 1 heterocycles. The second-order valence-corrected chi connectivity index (χ2v) is 8.23. The number of ether oxygens (including phenoxy) is 1. The Balaban J connectivity index is 1.55. The van der Waals surface area contributed by atoms with Gasteiger partial charge in [0.15, 0.2) is 0 Å². The van der Waals surface area contributed by atoms with Crippen molar-refractivity contribution in [2.24, 2.45) is 0 Å². The molecule has 1 aliphatic rings. The molecule has 6 heteroatoms. The van der Waals surface area contributed by atoms with Crippen LogP contribution in [0.15, 0.2) is 71.2 Å². The Labute approximate surface area is 183 Å². The van der Waals surface area contributed by atoms with Gasteiger partial charge in [-0.1, -0.05) is 52.3 Å². The van der Waals surface area contributed by atoms with Crippen LogP contribution in [0.4, 0.5) is 5.69 Å². The Morgan fingerprint density at radius 1 is 1.00 bits per heavy atom. The maximum absolute atomic E-state index is 13.4. The normalized spacial score (nSPS) is 12.4. The zero-order valence-electron chi connectivity index (χ0n) is 16.7. The molecule has 0 saturated heterocycles. The third-order valence-corrected chi connectivity index (χ3v) is 5.64. The Morgan fingerprint density at radius 2 is 1.60 bits per heavy atom. The Morgan fingerprint density at radius 3 is 2.20 bits per heavy atom. The summed E-state index contributed by atoms with van der Waals surface area (Å²) in [6.07, 6.45) is 0. The molecule has 30 heavy (non-hydrogen) atoms. The molecule has 2 amide bonds. The molecule has 1 aliphatic heterocycles. The van der Waals surface area contributed by atoms with Gasteiger partial charge in [0, 0.05) is 28.3 Å². The van der Waals surface area contributed by atoms with Crippen LogP contribution in [0, 0.1) is 6.92 Å². The lowest BCUT2D eigenvalue weighted by molar-refractivity contribution is -0.134. The molecule has 0 fully saturated rings. The molecule has 0 spiro atoms. The maximum atomic E-state index is 13.4. The number of nitrogens with zero attached hydrogens (tertiary/aromatic N) is 1. The molecule has 5 nitrogen and oxygen atoms in total. The highest BCUT2D eigenvalue weighted by Crippen LogP contribution is 2.44. The van der Waals surface area contributed by atoms with E-state index in [0.717, 1.165) is 26.9 Å². The topological polar surface area (TPSA) is 58.6 Å². The Kier molecular flexibility index (Phi) is 5.59. The van der Waals surface area contributed by atoms with Gasteiger partial charge in [-0.15, -0.1) is 0 Å². The third kappa shape index (κ3) is 3.96. The summed E-state index contributed by atoms with van der Waals surface area (Å²) in [6.45, 7) is 1.88. The number of amides is 2. The molecule has 0 unspecified atom stereocenters. The number of halogens is 1. The number of likely N-dealkylation sites (N-methyl/N-ethyl adjacent to an activating group) is 1. The largest absolute Gasteiger partial charge is 0.457 e. The molecule has 3 aromatic rings. The van der Waals surface area contributed by atoms with Crippen molar-refractivity contribution in [2.45, 2.75) is 12.8 Å². The highest BCUT2D eigenvalue weighted by Gasteiger charge is 2.34. The maximum Gasteiger partial charge on any atom is 0.243 e. The van der Waals surface area contributed by atoms with E-state index in [0.29, 0.717) is 11.5 Å². The SMILES string of the molecule is Cc1cc(Br)ccc1NC(=O)CN(C)C(=O)C1c2ccccc2Oc2ccccc21. The standard InChI is InChI=1S/C24H21BrN2O3/c1-15-13-16(25)11-12-19(15)26-22(28)14-27(2)24(29)23-17-7-3-5-9-20(17)30-21-10-6-4-8-18(21)23/h3-13,23H,14H2,1-2H3,(H,26,28). The van der Waals surface area contributed by atoms with E-state index in [1.165, 1.54) is 4.90 Å². The summed E-state index contributed by atoms with van der Waals surface area (Å²) in [7, 11) is 1.65. The number of hydrogen-bond acceptors (Lipinski definition) is 3. The summed E-state index contributed by atoms with van der Waals surface area (Å²) in [5.41, 5.74) is 3.28. The zero-order valence-corrected chi connectivity index (χ0v) is 18.3. The van der Waals surface area contributed by atoms with Crippen LogP contribution in [-0.2, 0) is 9.59 Å². The van der Waals surface area contributed by atoms with Gasteiger partial charge in [0.1, 0.15) is 11.5 Å². The van der Waals surface area contributed by atoms with Gasteiger partial charge in [-0.3, -0.25) is 9.59 Å². The van der Waals surface area contributed by atoms with Gasteiger partial charge >= 0.3 is 0 Å². The number of para-hydroxylation sites is 2. The van der Waals surface area contributed by atoms with Crippen molar-refractivity contribution in [1.82, 2.24) is 4.90 Å². The van der Waals surface area contributed by atoms with E-state index >= 15 is 0 Å². The first-order valence-electron chi connectivity index (χ1n) is 9.60. The number of anilines is 1. The van der Waals surface area contributed by atoms with Crippen LogP contribution in [0.3, 0.4) is 0 Å². The van der Waals surface area contributed by atoms with E-state index in [4.69, 9.17) is 4.74 Å². The fraction of sp³-hybridized carbons (Fsp3) is 0.167. The van der Waals surface area contributed by atoms with E-state index in [1.807, 2.05) is 73.7 Å². The van der Waals surface area contributed by atoms with Gasteiger partial charge in [0.05, 0.1) is 12.5 Å². The smallest absolute Gasteiger partial charge is 0.243 e. The number of fused-ring (bicyclic) bond motifs is 2. The summed E-state index contributed by atoms with van der Waals surface area (Å²) < 4.78 is 6.91. The minimum atomic E-state index is -0.515. The zero-order chi connectivity index (χ0) is 21.3. The van der Waals surface area contributed by atoms with Gasteiger partial charge in [-0.25, -0.2) is 0 Å². The van der Waals surface area contributed by atoms with E-state index < -0.39 is 5.92 Å².